The van der Waals surface area contributed by atoms with Crippen molar-refractivity contribution in [1.82, 2.24) is 0 Å². The van der Waals surface area contributed by atoms with Crippen molar-refractivity contribution in [3.8, 4) is 0 Å². The van der Waals surface area contributed by atoms with Crippen molar-refractivity contribution >= 4 is 11.4 Å². The van der Waals surface area contributed by atoms with Gasteiger partial charge in [0.2, 0.25) is 0 Å². The SMILES string of the molecule is CC(Nc1c(F)cc(N)cc1F)c1ccco1. The van der Waals surface area contributed by atoms with E-state index >= 15 is 0 Å². The maximum Gasteiger partial charge on any atom is 0.151 e. The lowest BCUT2D eigenvalue weighted by Gasteiger charge is -2.14. The third-order valence-corrected chi connectivity index (χ3v) is 2.40. The lowest BCUT2D eigenvalue weighted by atomic mass is 10.2. The van der Waals surface area contributed by atoms with Gasteiger partial charge in [0.25, 0.3) is 0 Å². The molecule has 0 saturated carbocycles. The second kappa shape index (κ2) is 4.45. The van der Waals surface area contributed by atoms with E-state index in [2.05, 4.69) is 5.32 Å². The normalized spacial score (nSPS) is 12.4. The lowest BCUT2D eigenvalue weighted by Crippen LogP contribution is -2.09. The minimum atomic E-state index is -0.721. The first-order valence-corrected chi connectivity index (χ1v) is 5.12. The molecular weight excluding hydrogens is 226 g/mol. The van der Waals surface area contributed by atoms with Crippen molar-refractivity contribution < 1.29 is 13.2 Å². The van der Waals surface area contributed by atoms with E-state index < -0.39 is 11.6 Å². The Labute approximate surface area is 97.2 Å². The Balaban J connectivity index is 2.25. The highest BCUT2D eigenvalue weighted by molar-refractivity contribution is 5.54. The standard InChI is InChI=1S/C12H12F2N2O/c1-7(11-3-2-4-17-11)16-12-9(13)5-8(15)6-10(12)14/h2-7,16H,15H2,1H3. The molecule has 3 nitrogen and oxygen atoms in total. The summed E-state index contributed by atoms with van der Waals surface area (Å²) in [5, 5.41) is 2.71. The van der Waals surface area contributed by atoms with Crippen LogP contribution < -0.4 is 11.1 Å². The molecule has 0 aliphatic rings. The second-order valence-corrected chi connectivity index (χ2v) is 3.74. The zero-order chi connectivity index (χ0) is 12.4. The number of nitrogens with one attached hydrogen (secondary N) is 1. The first kappa shape index (κ1) is 11.4. The Morgan fingerprint density at radius 1 is 1.29 bits per heavy atom. The molecule has 0 saturated heterocycles. The lowest BCUT2D eigenvalue weighted by molar-refractivity contribution is 0.487. The van der Waals surface area contributed by atoms with Crippen LogP contribution in [0.25, 0.3) is 0 Å². The molecule has 1 heterocycles. The smallest absolute Gasteiger partial charge is 0.151 e. The highest BCUT2D eigenvalue weighted by Crippen LogP contribution is 2.26. The van der Waals surface area contributed by atoms with Gasteiger partial charge in [-0.25, -0.2) is 8.78 Å². The molecular formula is C12H12F2N2O. The number of benzene rings is 1. The van der Waals surface area contributed by atoms with E-state index in [4.69, 9.17) is 10.2 Å². The topological polar surface area (TPSA) is 51.2 Å². The predicted molar refractivity (Wildman–Crippen MR) is 61.5 cm³/mol. The summed E-state index contributed by atoms with van der Waals surface area (Å²) in [4.78, 5) is 0. The zero-order valence-electron chi connectivity index (χ0n) is 9.21. The molecule has 3 N–H and O–H groups in total. The van der Waals surface area contributed by atoms with E-state index in [0.717, 1.165) is 12.1 Å². The number of nitrogens with two attached hydrogens (primary N) is 1. The molecule has 0 fully saturated rings. The van der Waals surface area contributed by atoms with E-state index in [-0.39, 0.29) is 17.4 Å². The number of hydrogen-bond donors (Lipinski definition) is 2. The van der Waals surface area contributed by atoms with E-state index in [1.807, 2.05) is 0 Å². The van der Waals surface area contributed by atoms with Crippen LogP contribution in [-0.4, -0.2) is 0 Å². The largest absolute Gasteiger partial charge is 0.467 e. The van der Waals surface area contributed by atoms with Gasteiger partial charge in [-0.3, -0.25) is 0 Å². The van der Waals surface area contributed by atoms with Gasteiger partial charge in [0.05, 0.1) is 12.3 Å². The minimum Gasteiger partial charge on any atom is -0.467 e. The molecule has 1 aromatic carbocycles. The highest BCUT2D eigenvalue weighted by atomic mass is 19.1. The Morgan fingerprint density at radius 3 is 2.47 bits per heavy atom. The van der Waals surface area contributed by atoms with Crippen LogP contribution in [0.1, 0.15) is 18.7 Å². The molecule has 2 aromatic rings. The summed E-state index contributed by atoms with van der Waals surface area (Å²) >= 11 is 0. The first-order valence-electron chi connectivity index (χ1n) is 5.12. The summed E-state index contributed by atoms with van der Waals surface area (Å²) in [6.45, 7) is 1.74. The molecule has 2 rings (SSSR count). The second-order valence-electron chi connectivity index (χ2n) is 3.74. The van der Waals surface area contributed by atoms with Crippen molar-refractivity contribution in [3.63, 3.8) is 0 Å². The Kier molecular flexibility index (Phi) is 2.99. The third-order valence-electron chi connectivity index (χ3n) is 2.40. The van der Waals surface area contributed by atoms with Crippen LogP contribution in [0.15, 0.2) is 34.9 Å². The van der Waals surface area contributed by atoms with Gasteiger partial charge in [-0.2, -0.15) is 0 Å². The Morgan fingerprint density at radius 2 is 1.94 bits per heavy atom. The average molecular weight is 238 g/mol. The minimum absolute atomic E-state index is 0.0520. The fourth-order valence-electron chi connectivity index (χ4n) is 1.56. The molecule has 1 atom stereocenters. The highest BCUT2D eigenvalue weighted by Gasteiger charge is 2.15. The maximum absolute atomic E-state index is 13.5. The molecule has 1 unspecified atom stereocenters. The fraction of sp³-hybridized carbons (Fsp3) is 0.167. The average Bonchev–Trinajstić information content (AvgIpc) is 2.76. The van der Waals surface area contributed by atoms with Gasteiger partial charge in [-0.1, -0.05) is 0 Å². The van der Waals surface area contributed by atoms with Gasteiger partial charge in [0, 0.05) is 5.69 Å². The van der Waals surface area contributed by atoms with Crippen LogP contribution >= 0.6 is 0 Å². The molecule has 0 aliphatic carbocycles. The fourth-order valence-corrected chi connectivity index (χ4v) is 1.56. The van der Waals surface area contributed by atoms with Crippen LogP contribution in [0.3, 0.4) is 0 Å². The predicted octanol–water partition coefficient (Wildman–Crippen LogP) is 3.31. The van der Waals surface area contributed by atoms with Crippen molar-refractivity contribution in [2.75, 3.05) is 11.1 Å². The monoisotopic (exact) mass is 238 g/mol. The molecule has 0 spiro atoms. The number of halogens is 2. The van der Waals surface area contributed by atoms with E-state index in [1.54, 1.807) is 19.1 Å². The molecule has 17 heavy (non-hydrogen) atoms. The van der Waals surface area contributed by atoms with Crippen LogP contribution in [0.5, 0.6) is 0 Å². The van der Waals surface area contributed by atoms with Crippen molar-refractivity contribution in [2.24, 2.45) is 0 Å². The maximum atomic E-state index is 13.5. The summed E-state index contributed by atoms with van der Waals surface area (Å²) in [5.74, 6) is -0.845. The third kappa shape index (κ3) is 2.38. The van der Waals surface area contributed by atoms with Gasteiger partial charge in [-0.15, -0.1) is 0 Å². The number of furan rings is 1. The molecule has 1 aromatic heterocycles. The quantitative estimate of drug-likeness (QED) is 0.806. The Hall–Kier alpha value is -2.04. The van der Waals surface area contributed by atoms with Gasteiger partial charge in [-0.05, 0) is 31.2 Å². The number of nitrogen functional groups attached to an aromatic ring is 1. The van der Waals surface area contributed by atoms with Gasteiger partial charge < -0.3 is 15.5 Å². The number of anilines is 2. The van der Waals surface area contributed by atoms with Crippen LogP contribution in [-0.2, 0) is 0 Å². The van der Waals surface area contributed by atoms with E-state index in [9.17, 15) is 8.78 Å². The molecule has 90 valence electrons. The summed E-state index contributed by atoms with van der Waals surface area (Å²) in [6.07, 6.45) is 1.50. The molecule has 0 amide bonds. The van der Waals surface area contributed by atoms with Crippen molar-refractivity contribution in [3.05, 3.63) is 47.9 Å². The van der Waals surface area contributed by atoms with Crippen LogP contribution in [0.2, 0.25) is 0 Å². The first-order chi connectivity index (χ1) is 8.08. The Bertz CT molecular complexity index is 488. The summed E-state index contributed by atoms with van der Waals surface area (Å²) in [6, 6.07) is 5.24. The zero-order valence-corrected chi connectivity index (χ0v) is 9.21. The van der Waals surface area contributed by atoms with Crippen LogP contribution in [0, 0.1) is 11.6 Å². The molecule has 0 bridgehead atoms. The van der Waals surface area contributed by atoms with Gasteiger partial charge in [0.15, 0.2) is 11.6 Å². The van der Waals surface area contributed by atoms with Crippen molar-refractivity contribution in [2.45, 2.75) is 13.0 Å². The van der Waals surface area contributed by atoms with E-state index in [0.29, 0.717) is 5.76 Å². The summed E-state index contributed by atoms with van der Waals surface area (Å²) in [7, 11) is 0. The van der Waals surface area contributed by atoms with Gasteiger partial charge >= 0.3 is 0 Å². The van der Waals surface area contributed by atoms with Crippen molar-refractivity contribution in [1.29, 1.82) is 0 Å². The van der Waals surface area contributed by atoms with Gasteiger partial charge in [0.1, 0.15) is 11.4 Å². The summed E-state index contributed by atoms with van der Waals surface area (Å²) < 4.78 is 32.1. The number of hydrogen-bond acceptors (Lipinski definition) is 3. The van der Waals surface area contributed by atoms with E-state index in [1.165, 1.54) is 6.26 Å². The number of rotatable bonds is 3. The summed E-state index contributed by atoms with van der Waals surface area (Å²) in [5.41, 5.74) is 5.17. The molecule has 5 heteroatoms. The van der Waals surface area contributed by atoms with Crippen LogP contribution in [0.4, 0.5) is 20.2 Å². The molecule has 0 aliphatic heterocycles. The molecule has 0 radical (unpaired) electrons.